The second-order valence-corrected chi connectivity index (χ2v) is 5.16. The molecule has 0 amide bonds. The summed E-state index contributed by atoms with van der Waals surface area (Å²) in [5.41, 5.74) is 0.209. The van der Waals surface area contributed by atoms with Crippen LogP contribution in [0.2, 0.25) is 5.02 Å². The molecule has 0 spiro atoms. The van der Waals surface area contributed by atoms with E-state index in [1.54, 1.807) is 6.07 Å². The predicted octanol–water partition coefficient (Wildman–Crippen LogP) is 4.28. The molecule has 0 aliphatic carbocycles. The summed E-state index contributed by atoms with van der Waals surface area (Å²) in [6.07, 6.45) is 0. The van der Waals surface area contributed by atoms with E-state index in [9.17, 15) is 8.78 Å². The fourth-order valence-electron chi connectivity index (χ4n) is 1.65. The maximum atomic E-state index is 13.7. The summed E-state index contributed by atoms with van der Waals surface area (Å²) < 4.78 is 41.5. The smallest absolute Gasteiger partial charge is 0.292 e. The Kier molecular flexibility index (Phi) is 8.35. The van der Waals surface area contributed by atoms with Gasteiger partial charge in [-0.25, -0.2) is 8.78 Å². The molecular weight excluding hydrogens is 362 g/mol. The third kappa shape index (κ3) is 5.58. The molecule has 0 atom stereocenters. The van der Waals surface area contributed by atoms with Gasteiger partial charge in [0.15, 0.2) is 11.6 Å². The van der Waals surface area contributed by atoms with Gasteiger partial charge in [0.2, 0.25) is 0 Å². The van der Waals surface area contributed by atoms with Crippen molar-refractivity contribution in [2.24, 2.45) is 0 Å². The zero-order chi connectivity index (χ0) is 18.1. The number of halogens is 3. The molecule has 0 radical (unpaired) electrons. The van der Waals surface area contributed by atoms with Gasteiger partial charge in [-0.1, -0.05) is 17.7 Å². The first kappa shape index (κ1) is 20.1. The quantitative estimate of drug-likeness (QED) is 0.624. The zero-order valence-electron chi connectivity index (χ0n) is 12.9. The summed E-state index contributed by atoms with van der Waals surface area (Å²) in [5.74, 6) is -0.836. The SMILES string of the molecule is COC=O.COc1cccc(F)c1COc1cc(Cl)c(S)cc1F. The van der Waals surface area contributed by atoms with Gasteiger partial charge in [0.05, 0.1) is 24.8 Å². The van der Waals surface area contributed by atoms with Crippen molar-refractivity contribution >= 4 is 30.7 Å². The lowest BCUT2D eigenvalue weighted by Gasteiger charge is -2.12. The molecule has 2 aromatic rings. The second-order valence-electron chi connectivity index (χ2n) is 4.28. The Morgan fingerprint density at radius 2 is 1.83 bits per heavy atom. The topological polar surface area (TPSA) is 44.8 Å². The molecule has 0 aliphatic heterocycles. The first-order valence-corrected chi connectivity index (χ1v) is 7.35. The van der Waals surface area contributed by atoms with E-state index in [1.807, 2.05) is 0 Å². The average Bonchev–Trinajstić information content (AvgIpc) is 2.57. The minimum Gasteiger partial charge on any atom is -0.496 e. The van der Waals surface area contributed by atoms with Crippen LogP contribution < -0.4 is 9.47 Å². The van der Waals surface area contributed by atoms with Crippen LogP contribution in [-0.4, -0.2) is 20.7 Å². The van der Waals surface area contributed by atoms with Crippen LogP contribution in [0.5, 0.6) is 11.5 Å². The molecule has 0 aromatic heterocycles. The molecule has 4 nitrogen and oxygen atoms in total. The highest BCUT2D eigenvalue weighted by Crippen LogP contribution is 2.30. The van der Waals surface area contributed by atoms with E-state index in [2.05, 4.69) is 17.4 Å². The predicted molar refractivity (Wildman–Crippen MR) is 89.0 cm³/mol. The van der Waals surface area contributed by atoms with Gasteiger partial charge >= 0.3 is 0 Å². The van der Waals surface area contributed by atoms with Gasteiger partial charge < -0.3 is 14.2 Å². The lowest BCUT2D eigenvalue weighted by molar-refractivity contribution is -0.126. The van der Waals surface area contributed by atoms with Crippen molar-refractivity contribution < 1.29 is 27.8 Å². The summed E-state index contributed by atoms with van der Waals surface area (Å²) in [7, 11) is 2.73. The Bertz CT molecular complexity index is 698. The lowest BCUT2D eigenvalue weighted by atomic mass is 10.2. The number of hydrogen-bond acceptors (Lipinski definition) is 5. The summed E-state index contributed by atoms with van der Waals surface area (Å²) in [5, 5.41) is 0.255. The van der Waals surface area contributed by atoms with Crippen molar-refractivity contribution in [1.82, 2.24) is 0 Å². The number of methoxy groups -OCH3 is 2. The molecule has 8 heteroatoms. The summed E-state index contributed by atoms with van der Waals surface area (Å²) in [4.78, 5) is 9.26. The number of hydrogen-bond donors (Lipinski definition) is 1. The van der Waals surface area contributed by atoms with E-state index in [0.717, 1.165) is 6.07 Å². The van der Waals surface area contributed by atoms with Crippen molar-refractivity contribution in [2.45, 2.75) is 11.5 Å². The van der Waals surface area contributed by atoms with Crippen LogP contribution in [0.1, 0.15) is 5.56 Å². The Balaban J connectivity index is 0.000000648. The maximum Gasteiger partial charge on any atom is 0.292 e. The molecule has 24 heavy (non-hydrogen) atoms. The van der Waals surface area contributed by atoms with Gasteiger partial charge in [-0.2, -0.15) is 0 Å². The molecule has 0 unspecified atom stereocenters. The largest absolute Gasteiger partial charge is 0.496 e. The molecule has 0 saturated heterocycles. The van der Waals surface area contributed by atoms with Gasteiger partial charge in [-0.05, 0) is 18.2 Å². The molecule has 130 valence electrons. The van der Waals surface area contributed by atoms with Gasteiger partial charge in [-0.3, -0.25) is 4.79 Å². The van der Waals surface area contributed by atoms with Crippen molar-refractivity contribution in [1.29, 1.82) is 0 Å². The summed E-state index contributed by atoms with van der Waals surface area (Å²) >= 11 is 9.83. The Labute approximate surface area is 148 Å². The van der Waals surface area contributed by atoms with Crippen molar-refractivity contribution in [3.05, 3.63) is 52.6 Å². The van der Waals surface area contributed by atoms with E-state index in [0.29, 0.717) is 17.1 Å². The standard InChI is InChI=1S/C14H11ClF2O2S.C2H4O2/c1-18-12-4-2-3-10(16)8(12)7-19-13-5-9(15)14(20)6-11(13)17;1-4-2-3/h2-6,20H,7H2,1H3;2H,1H3. The molecule has 0 N–H and O–H groups in total. The van der Waals surface area contributed by atoms with E-state index in [1.165, 1.54) is 32.4 Å². The first-order chi connectivity index (χ1) is 11.4. The molecule has 0 saturated carbocycles. The number of ether oxygens (including phenoxy) is 3. The van der Waals surface area contributed by atoms with Crippen LogP contribution in [0.25, 0.3) is 0 Å². The highest BCUT2D eigenvalue weighted by Gasteiger charge is 2.12. The van der Waals surface area contributed by atoms with Gasteiger partial charge in [-0.15, -0.1) is 12.6 Å². The van der Waals surface area contributed by atoms with Crippen LogP contribution in [0.4, 0.5) is 8.78 Å². The number of benzene rings is 2. The van der Waals surface area contributed by atoms with Crippen molar-refractivity contribution in [3.63, 3.8) is 0 Å². The number of carbonyl (C=O) groups excluding carboxylic acids is 1. The average molecular weight is 377 g/mol. The van der Waals surface area contributed by atoms with Crippen LogP contribution in [-0.2, 0) is 16.1 Å². The Hall–Kier alpha value is -1.99. The van der Waals surface area contributed by atoms with E-state index in [4.69, 9.17) is 25.9 Å². The summed E-state index contributed by atoms with van der Waals surface area (Å²) in [6, 6.07) is 6.83. The Morgan fingerprint density at radius 1 is 1.17 bits per heavy atom. The highest BCUT2D eigenvalue weighted by atomic mass is 35.5. The maximum absolute atomic E-state index is 13.7. The summed E-state index contributed by atoms with van der Waals surface area (Å²) in [6.45, 7) is 0.203. The number of rotatable bonds is 5. The van der Waals surface area contributed by atoms with Crippen molar-refractivity contribution in [2.75, 3.05) is 14.2 Å². The third-order valence-corrected chi connectivity index (χ3v) is 3.58. The van der Waals surface area contributed by atoms with Crippen LogP contribution in [0.3, 0.4) is 0 Å². The van der Waals surface area contributed by atoms with Crippen molar-refractivity contribution in [3.8, 4) is 11.5 Å². The second kappa shape index (κ2) is 10.00. The lowest BCUT2D eigenvalue weighted by Crippen LogP contribution is -2.03. The molecular formula is C16H15ClF2O4S. The zero-order valence-corrected chi connectivity index (χ0v) is 14.5. The van der Waals surface area contributed by atoms with Crippen LogP contribution in [0, 0.1) is 11.6 Å². The first-order valence-electron chi connectivity index (χ1n) is 6.53. The van der Waals surface area contributed by atoms with Gasteiger partial charge in [0.1, 0.15) is 18.2 Å². The molecule has 2 aromatic carbocycles. The highest BCUT2D eigenvalue weighted by molar-refractivity contribution is 7.80. The van der Waals surface area contributed by atoms with E-state index < -0.39 is 11.6 Å². The minimum absolute atomic E-state index is 0.0712. The number of thiol groups is 1. The monoisotopic (exact) mass is 376 g/mol. The van der Waals surface area contributed by atoms with E-state index in [-0.39, 0.29) is 22.9 Å². The molecule has 0 aliphatic rings. The molecule has 0 bridgehead atoms. The fraction of sp³-hybridized carbons (Fsp3) is 0.188. The molecule has 0 heterocycles. The minimum atomic E-state index is -0.616. The third-order valence-electron chi connectivity index (χ3n) is 2.77. The van der Waals surface area contributed by atoms with Gasteiger partial charge in [0.25, 0.3) is 6.47 Å². The van der Waals surface area contributed by atoms with E-state index >= 15 is 0 Å². The molecule has 2 rings (SSSR count). The number of carbonyl (C=O) groups is 1. The molecule has 0 fully saturated rings. The van der Waals surface area contributed by atoms with Crippen LogP contribution >= 0.6 is 24.2 Å². The van der Waals surface area contributed by atoms with Gasteiger partial charge in [0, 0.05) is 11.0 Å². The normalized spacial score (nSPS) is 9.58. The Morgan fingerprint density at radius 3 is 2.42 bits per heavy atom. The van der Waals surface area contributed by atoms with Crippen LogP contribution in [0.15, 0.2) is 35.2 Å². The fourth-order valence-corrected chi connectivity index (χ4v) is 1.98.